The Kier molecular flexibility index (Phi) is 4.19. The summed E-state index contributed by atoms with van der Waals surface area (Å²) in [6, 6.07) is 0.140. The number of amides is 1. The van der Waals surface area contributed by atoms with Crippen molar-refractivity contribution in [3.8, 4) is 0 Å². The fourth-order valence-electron chi connectivity index (χ4n) is 2.36. The molecule has 0 radical (unpaired) electrons. The second-order valence-electron chi connectivity index (χ2n) is 4.78. The fraction of sp³-hybridized carbons (Fsp3) is 0.833. The van der Waals surface area contributed by atoms with Gasteiger partial charge in [-0.15, -0.1) is 0 Å². The zero-order valence-electron chi connectivity index (χ0n) is 10.4. The van der Waals surface area contributed by atoms with Crippen molar-refractivity contribution in [2.45, 2.75) is 57.0 Å². The van der Waals surface area contributed by atoms with Crippen LogP contribution in [0.4, 0.5) is 0 Å². The number of carbonyl (C=O) groups excluding carboxylic acids is 1. The minimum atomic E-state index is -0.995. The van der Waals surface area contributed by atoms with Crippen LogP contribution in [0.2, 0.25) is 0 Å². The molecular weight excluding hydrogens is 238 g/mol. The molecule has 1 heterocycles. The summed E-state index contributed by atoms with van der Waals surface area (Å²) in [6.45, 7) is 2.64. The van der Waals surface area contributed by atoms with Gasteiger partial charge in [0.25, 0.3) is 0 Å². The summed E-state index contributed by atoms with van der Waals surface area (Å²) in [5, 5.41) is 11.6. The summed E-state index contributed by atoms with van der Waals surface area (Å²) >= 11 is 0. The van der Waals surface area contributed by atoms with Gasteiger partial charge in [-0.2, -0.15) is 0 Å². The molecule has 0 spiro atoms. The SMILES string of the molecule is CCOC1CC(NC(=O)C2CCC(C(=O)O)O2)C1. The minimum Gasteiger partial charge on any atom is -0.479 e. The van der Waals surface area contributed by atoms with E-state index in [9.17, 15) is 9.59 Å². The fourth-order valence-corrected chi connectivity index (χ4v) is 2.36. The van der Waals surface area contributed by atoms with Gasteiger partial charge in [0, 0.05) is 12.6 Å². The molecule has 2 fully saturated rings. The maximum atomic E-state index is 11.8. The third-order valence-electron chi connectivity index (χ3n) is 3.43. The topological polar surface area (TPSA) is 84.9 Å². The first kappa shape index (κ1) is 13.3. The largest absolute Gasteiger partial charge is 0.479 e. The summed E-state index contributed by atoms with van der Waals surface area (Å²) in [5.41, 5.74) is 0. The number of carboxylic acids is 1. The summed E-state index contributed by atoms with van der Waals surface area (Å²) in [5.74, 6) is -1.19. The van der Waals surface area contributed by atoms with Crippen LogP contribution in [0.5, 0.6) is 0 Å². The highest BCUT2D eigenvalue weighted by molar-refractivity contribution is 5.82. The van der Waals surface area contributed by atoms with E-state index in [4.69, 9.17) is 14.6 Å². The van der Waals surface area contributed by atoms with Gasteiger partial charge in [-0.25, -0.2) is 4.79 Å². The van der Waals surface area contributed by atoms with Crippen LogP contribution in [0.3, 0.4) is 0 Å². The Bertz CT molecular complexity index is 326. The van der Waals surface area contributed by atoms with Crippen LogP contribution in [0, 0.1) is 0 Å². The van der Waals surface area contributed by atoms with Gasteiger partial charge >= 0.3 is 5.97 Å². The molecule has 6 nitrogen and oxygen atoms in total. The highest BCUT2D eigenvalue weighted by atomic mass is 16.5. The maximum Gasteiger partial charge on any atom is 0.332 e. The number of hydrogen-bond donors (Lipinski definition) is 2. The van der Waals surface area contributed by atoms with Crippen LogP contribution in [0.1, 0.15) is 32.6 Å². The van der Waals surface area contributed by atoms with Crippen LogP contribution in [0.25, 0.3) is 0 Å². The van der Waals surface area contributed by atoms with Gasteiger partial charge < -0.3 is 19.9 Å². The lowest BCUT2D eigenvalue weighted by Crippen LogP contribution is -2.50. The van der Waals surface area contributed by atoms with E-state index in [1.54, 1.807) is 0 Å². The quantitative estimate of drug-likeness (QED) is 0.740. The monoisotopic (exact) mass is 257 g/mol. The van der Waals surface area contributed by atoms with Crippen LogP contribution in [0.15, 0.2) is 0 Å². The van der Waals surface area contributed by atoms with E-state index < -0.39 is 18.2 Å². The van der Waals surface area contributed by atoms with E-state index >= 15 is 0 Å². The molecule has 0 aromatic rings. The lowest BCUT2D eigenvalue weighted by atomic mass is 9.89. The Morgan fingerprint density at radius 2 is 2.00 bits per heavy atom. The Balaban J connectivity index is 1.69. The van der Waals surface area contributed by atoms with Crippen molar-refractivity contribution >= 4 is 11.9 Å². The van der Waals surface area contributed by atoms with Crippen molar-refractivity contribution in [1.82, 2.24) is 5.32 Å². The average Bonchev–Trinajstić information content (AvgIpc) is 2.75. The van der Waals surface area contributed by atoms with Crippen molar-refractivity contribution in [2.24, 2.45) is 0 Å². The van der Waals surface area contributed by atoms with Crippen molar-refractivity contribution in [1.29, 1.82) is 0 Å². The van der Waals surface area contributed by atoms with E-state index in [0.717, 1.165) is 12.8 Å². The van der Waals surface area contributed by atoms with Gasteiger partial charge in [0.2, 0.25) is 5.91 Å². The van der Waals surface area contributed by atoms with Crippen molar-refractivity contribution in [3.63, 3.8) is 0 Å². The minimum absolute atomic E-state index is 0.140. The van der Waals surface area contributed by atoms with Crippen LogP contribution < -0.4 is 5.32 Å². The third kappa shape index (κ3) is 3.00. The first-order valence-electron chi connectivity index (χ1n) is 6.40. The molecule has 6 heteroatoms. The summed E-state index contributed by atoms with van der Waals surface area (Å²) in [6.07, 6.45) is 1.33. The Hall–Kier alpha value is -1.14. The number of ether oxygens (including phenoxy) is 2. The normalized spacial score (nSPS) is 34.9. The molecule has 0 bridgehead atoms. The smallest absolute Gasteiger partial charge is 0.332 e. The first-order valence-corrected chi connectivity index (χ1v) is 6.40. The van der Waals surface area contributed by atoms with Crippen molar-refractivity contribution in [3.05, 3.63) is 0 Å². The maximum absolute atomic E-state index is 11.8. The van der Waals surface area contributed by atoms with Gasteiger partial charge in [0.05, 0.1) is 6.10 Å². The lowest BCUT2D eigenvalue weighted by molar-refractivity contribution is -0.152. The van der Waals surface area contributed by atoms with Gasteiger partial charge in [0.1, 0.15) is 6.10 Å². The molecule has 2 atom stereocenters. The van der Waals surface area contributed by atoms with Crippen LogP contribution >= 0.6 is 0 Å². The zero-order valence-corrected chi connectivity index (χ0v) is 10.4. The van der Waals surface area contributed by atoms with Gasteiger partial charge in [-0.3, -0.25) is 4.79 Å². The summed E-state index contributed by atoms with van der Waals surface area (Å²) < 4.78 is 10.6. The molecular formula is C12H19NO5. The van der Waals surface area contributed by atoms with Gasteiger partial charge in [-0.1, -0.05) is 0 Å². The standard InChI is InChI=1S/C12H19NO5/c1-2-17-8-5-7(6-8)13-11(14)9-3-4-10(18-9)12(15)16/h7-10H,2-6H2,1H3,(H,13,14)(H,15,16). The Labute approximate surface area is 106 Å². The number of carbonyl (C=O) groups is 2. The molecule has 0 aromatic carbocycles. The molecule has 0 aromatic heterocycles. The Morgan fingerprint density at radius 3 is 2.56 bits per heavy atom. The lowest BCUT2D eigenvalue weighted by Gasteiger charge is -2.35. The number of carboxylic acid groups (broad SMARTS) is 1. The van der Waals surface area contributed by atoms with E-state index in [-0.39, 0.29) is 18.1 Å². The van der Waals surface area contributed by atoms with Crippen molar-refractivity contribution in [2.75, 3.05) is 6.61 Å². The first-order chi connectivity index (χ1) is 8.60. The molecule has 2 aliphatic rings. The number of nitrogens with one attached hydrogen (secondary N) is 1. The molecule has 1 saturated carbocycles. The summed E-state index contributed by atoms with van der Waals surface area (Å²) in [4.78, 5) is 22.5. The molecule has 102 valence electrons. The second-order valence-corrected chi connectivity index (χ2v) is 4.78. The number of hydrogen-bond acceptors (Lipinski definition) is 4. The van der Waals surface area contributed by atoms with Gasteiger partial charge in [-0.05, 0) is 32.6 Å². The zero-order chi connectivity index (χ0) is 13.1. The van der Waals surface area contributed by atoms with Crippen LogP contribution in [-0.4, -0.2) is 47.9 Å². The number of rotatable bonds is 5. The molecule has 2 N–H and O–H groups in total. The number of aliphatic carboxylic acids is 1. The van der Waals surface area contributed by atoms with E-state index in [2.05, 4.69) is 5.32 Å². The molecule has 1 aliphatic heterocycles. The van der Waals surface area contributed by atoms with Crippen LogP contribution in [-0.2, 0) is 19.1 Å². The van der Waals surface area contributed by atoms with E-state index in [0.29, 0.717) is 19.4 Å². The van der Waals surface area contributed by atoms with Crippen molar-refractivity contribution < 1.29 is 24.2 Å². The molecule has 1 saturated heterocycles. The predicted molar refractivity (Wildman–Crippen MR) is 62.1 cm³/mol. The third-order valence-corrected chi connectivity index (χ3v) is 3.43. The average molecular weight is 257 g/mol. The molecule has 18 heavy (non-hydrogen) atoms. The molecule has 1 aliphatic carbocycles. The highest BCUT2D eigenvalue weighted by Crippen LogP contribution is 2.25. The summed E-state index contributed by atoms with van der Waals surface area (Å²) in [7, 11) is 0. The van der Waals surface area contributed by atoms with Gasteiger partial charge in [0.15, 0.2) is 6.10 Å². The second kappa shape index (κ2) is 5.67. The van der Waals surface area contributed by atoms with E-state index in [1.165, 1.54) is 0 Å². The molecule has 2 rings (SSSR count). The molecule has 1 amide bonds. The predicted octanol–water partition coefficient (Wildman–Crippen LogP) is 0.302. The van der Waals surface area contributed by atoms with E-state index in [1.807, 2.05) is 6.92 Å². The molecule has 2 unspecified atom stereocenters. The highest BCUT2D eigenvalue weighted by Gasteiger charge is 2.37. The Morgan fingerprint density at radius 1 is 1.33 bits per heavy atom.